The molecule has 0 atom stereocenters. The van der Waals surface area contributed by atoms with Crippen LogP contribution < -0.4 is 9.64 Å². The second kappa shape index (κ2) is 8.85. The van der Waals surface area contributed by atoms with Crippen LogP contribution in [0.5, 0.6) is 5.88 Å². The van der Waals surface area contributed by atoms with E-state index in [1.807, 2.05) is 0 Å². The smallest absolute Gasteiger partial charge is 0.471 e. The zero-order chi connectivity index (χ0) is 24.5. The normalized spacial score (nSPS) is 12.1. The Kier molecular flexibility index (Phi) is 6.07. The molecule has 0 unspecified atom stereocenters. The molecular formula is C18H11F6N7O2S. The van der Waals surface area contributed by atoms with Crippen molar-refractivity contribution in [2.75, 3.05) is 12.0 Å². The van der Waals surface area contributed by atoms with Crippen molar-refractivity contribution in [3.8, 4) is 16.6 Å². The predicted molar refractivity (Wildman–Crippen MR) is 104 cm³/mol. The van der Waals surface area contributed by atoms with E-state index in [2.05, 4.69) is 34.8 Å². The van der Waals surface area contributed by atoms with Gasteiger partial charge in [0, 0.05) is 4.88 Å². The number of rotatable bonds is 6. The number of halogens is 6. The predicted octanol–water partition coefficient (Wildman–Crippen LogP) is 4.76. The summed E-state index contributed by atoms with van der Waals surface area (Å²) in [5.41, 5.74) is -1.03. The van der Waals surface area contributed by atoms with Gasteiger partial charge in [0.2, 0.25) is 11.7 Å². The van der Waals surface area contributed by atoms with Gasteiger partial charge >= 0.3 is 18.2 Å². The maximum absolute atomic E-state index is 13.2. The molecule has 0 fully saturated rings. The van der Waals surface area contributed by atoms with E-state index in [9.17, 15) is 26.3 Å². The Morgan fingerprint density at radius 3 is 2.47 bits per heavy atom. The van der Waals surface area contributed by atoms with Gasteiger partial charge in [-0.2, -0.15) is 41.4 Å². The van der Waals surface area contributed by atoms with Gasteiger partial charge in [0.15, 0.2) is 11.6 Å². The number of ether oxygens (including phenoxy) is 1. The van der Waals surface area contributed by atoms with E-state index in [1.54, 1.807) is 6.07 Å². The molecule has 0 spiro atoms. The maximum Gasteiger partial charge on any atom is 0.471 e. The largest absolute Gasteiger partial charge is 0.480 e. The van der Waals surface area contributed by atoms with Crippen molar-refractivity contribution < 1.29 is 35.6 Å². The highest BCUT2D eigenvalue weighted by atomic mass is 32.1. The molecule has 4 aromatic heterocycles. The lowest BCUT2D eigenvalue weighted by Crippen LogP contribution is -2.20. The Morgan fingerprint density at radius 2 is 1.79 bits per heavy atom. The molecule has 0 aliphatic carbocycles. The summed E-state index contributed by atoms with van der Waals surface area (Å²) in [6.45, 7) is -0.0769. The molecule has 4 aromatic rings. The van der Waals surface area contributed by atoms with Gasteiger partial charge in [0.25, 0.3) is 0 Å². The van der Waals surface area contributed by atoms with Crippen LogP contribution in [0.2, 0.25) is 0 Å². The molecule has 0 aliphatic heterocycles. The van der Waals surface area contributed by atoms with Crippen molar-refractivity contribution in [3.63, 3.8) is 0 Å². The van der Waals surface area contributed by atoms with Crippen LogP contribution in [0.1, 0.15) is 16.3 Å². The molecule has 0 saturated heterocycles. The summed E-state index contributed by atoms with van der Waals surface area (Å²) in [6, 6.07) is 3.79. The number of alkyl halides is 6. The molecule has 16 heteroatoms. The number of hydrogen-bond acceptors (Lipinski definition) is 10. The van der Waals surface area contributed by atoms with Crippen LogP contribution in [0.3, 0.4) is 0 Å². The second-order valence-corrected chi connectivity index (χ2v) is 7.66. The van der Waals surface area contributed by atoms with Crippen LogP contribution >= 0.6 is 11.3 Å². The first-order chi connectivity index (χ1) is 16.0. The second-order valence-electron chi connectivity index (χ2n) is 6.49. The first kappa shape index (κ1) is 23.3. The van der Waals surface area contributed by atoms with Crippen LogP contribution in [0.25, 0.3) is 10.7 Å². The molecule has 0 N–H and O–H groups in total. The van der Waals surface area contributed by atoms with E-state index in [0.29, 0.717) is 11.1 Å². The van der Waals surface area contributed by atoms with Crippen molar-refractivity contribution in [3.05, 3.63) is 53.1 Å². The minimum absolute atomic E-state index is 0.0769. The monoisotopic (exact) mass is 503 g/mol. The standard InChI is InChI=1S/C18H11F6N7O2S/c1-32-14-7-25-6-13(27-14)31(12-4-9(5-26-29-12)17(19,20)21)8-10-2-3-11(34-10)15-28-16(33-30-15)18(22,23)24/h2-7H,8H2,1H3. The Hall–Kier alpha value is -3.82. The summed E-state index contributed by atoms with van der Waals surface area (Å²) >= 11 is 1.00. The number of nitrogens with zero attached hydrogens (tertiary/aromatic N) is 7. The molecular weight excluding hydrogens is 492 g/mol. The van der Waals surface area contributed by atoms with Crippen LogP contribution in [0, 0.1) is 0 Å². The van der Waals surface area contributed by atoms with Crippen LogP contribution in [-0.4, -0.2) is 37.4 Å². The summed E-state index contributed by atoms with van der Waals surface area (Å²) in [7, 11) is 1.34. The van der Waals surface area contributed by atoms with E-state index >= 15 is 0 Å². The van der Waals surface area contributed by atoms with Gasteiger partial charge in [-0.15, -0.1) is 16.4 Å². The molecule has 0 aromatic carbocycles. The van der Waals surface area contributed by atoms with Crippen LogP contribution in [0.15, 0.2) is 41.3 Å². The summed E-state index contributed by atoms with van der Waals surface area (Å²) in [4.78, 5) is 13.5. The molecule has 0 radical (unpaired) electrons. The third kappa shape index (κ3) is 5.05. The van der Waals surface area contributed by atoms with E-state index < -0.39 is 23.8 Å². The third-order valence-electron chi connectivity index (χ3n) is 4.20. The van der Waals surface area contributed by atoms with E-state index in [1.165, 1.54) is 30.5 Å². The fourth-order valence-corrected chi connectivity index (χ4v) is 3.59. The number of thiophene rings is 1. The topological polar surface area (TPSA) is 103 Å². The summed E-state index contributed by atoms with van der Waals surface area (Å²) in [6.07, 6.45) is -6.29. The minimum atomic E-state index is -4.80. The molecule has 0 amide bonds. The Balaban J connectivity index is 1.69. The van der Waals surface area contributed by atoms with Crippen molar-refractivity contribution in [1.29, 1.82) is 0 Å². The van der Waals surface area contributed by atoms with Crippen molar-refractivity contribution >= 4 is 23.0 Å². The highest BCUT2D eigenvalue weighted by molar-refractivity contribution is 7.15. The molecule has 4 heterocycles. The highest BCUT2D eigenvalue weighted by Gasteiger charge is 2.38. The summed E-state index contributed by atoms with van der Waals surface area (Å²) < 4.78 is 87.1. The van der Waals surface area contributed by atoms with Gasteiger partial charge < -0.3 is 14.2 Å². The van der Waals surface area contributed by atoms with Gasteiger partial charge in [0.1, 0.15) is 0 Å². The lowest BCUT2D eigenvalue weighted by molar-refractivity contribution is -0.159. The number of anilines is 2. The average Bonchev–Trinajstić information content (AvgIpc) is 3.46. The summed E-state index contributed by atoms with van der Waals surface area (Å²) in [5.74, 6) is -1.77. The van der Waals surface area contributed by atoms with Gasteiger partial charge in [0.05, 0.1) is 42.7 Å². The average molecular weight is 503 g/mol. The van der Waals surface area contributed by atoms with Crippen LogP contribution in [0.4, 0.5) is 38.0 Å². The van der Waals surface area contributed by atoms with Gasteiger partial charge in [-0.05, 0) is 18.2 Å². The van der Waals surface area contributed by atoms with Crippen LogP contribution in [-0.2, 0) is 18.9 Å². The molecule has 34 heavy (non-hydrogen) atoms. The fourth-order valence-electron chi connectivity index (χ4n) is 2.67. The lowest BCUT2D eigenvalue weighted by Gasteiger charge is -2.22. The Bertz CT molecular complexity index is 1290. The lowest BCUT2D eigenvalue weighted by atomic mass is 10.3. The molecule has 9 nitrogen and oxygen atoms in total. The van der Waals surface area contributed by atoms with E-state index in [0.717, 1.165) is 17.4 Å². The maximum atomic E-state index is 13.2. The molecule has 0 bridgehead atoms. The molecule has 4 rings (SSSR count). The minimum Gasteiger partial charge on any atom is -0.480 e. The first-order valence-corrected chi connectivity index (χ1v) is 9.90. The quantitative estimate of drug-likeness (QED) is 0.345. The zero-order valence-electron chi connectivity index (χ0n) is 16.8. The molecule has 178 valence electrons. The van der Waals surface area contributed by atoms with Gasteiger partial charge in [-0.3, -0.25) is 4.98 Å². The highest BCUT2D eigenvalue weighted by Crippen LogP contribution is 2.35. The van der Waals surface area contributed by atoms with Gasteiger partial charge in [-0.25, -0.2) is 0 Å². The van der Waals surface area contributed by atoms with E-state index in [4.69, 9.17) is 4.74 Å². The Labute approximate surface area is 190 Å². The number of hydrogen-bond donors (Lipinski definition) is 0. The van der Waals surface area contributed by atoms with Crippen molar-refractivity contribution in [2.24, 2.45) is 0 Å². The third-order valence-corrected chi connectivity index (χ3v) is 5.26. The molecule has 0 saturated carbocycles. The number of aromatic nitrogens is 6. The van der Waals surface area contributed by atoms with Gasteiger partial charge in [-0.1, -0.05) is 5.16 Å². The Morgan fingerprint density at radius 1 is 1.00 bits per heavy atom. The first-order valence-electron chi connectivity index (χ1n) is 9.08. The van der Waals surface area contributed by atoms with Crippen molar-refractivity contribution in [1.82, 2.24) is 30.3 Å². The fraction of sp³-hybridized carbons (Fsp3) is 0.222. The van der Waals surface area contributed by atoms with Crippen molar-refractivity contribution in [2.45, 2.75) is 18.9 Å². The van der Waals surface area contributed by atoms with E-state index in [-0.39, 0.29) is 34.8 Å². The summed E-state index contributed by atoms with van der Waals surface area (Å²) in [5, 5.41) is 10.5. The number of methoxy groups -OCH3 is 1. The molecule has 0 aliphatic rings. The SMILES string of the molecule is COc1cncc(N(Cc2ccc(-c3noc(C(F)(F)F)n3)s2)c2cc(C(F)(F)F)cnn2)n1. The zero-order valence-corrected chi connectivity index (χ0v) is 17.6.